The largest absolute Gasteiger partial charge is 0.482 e. The Morgan fingerprint density at radius 1 is 1.26 bits per heavy atom. The minimum atomic E-state index is -0.0894. The molecule has 104 valence electrons. The average Bonchev–Trinajstić information content (AvgIpc) is 2.42. The highest BCUT2D eigenvalue weighted by Crippen LogP contribution is 2.28. The number of anilines is 1. The lowest BCUT2D eigenvalue weighted by atomic mass is 10.1. The van der Waals surface area contributed by atoms with Gasteiger partial charge in [0, 0.05) is 13.1 Å². The van der Waals surface area contributed by atoms with Crippen molar-refractivity contribution in [2.75, 3.05) is 38.1 Å². The number of likely N-dealkylation sites (N-methyl/N-ethyl adjacent to an activating group) is 1. The van der Waals surface area contributed by atoms with E-state index in [9.17, 15) is 4.79 Å². The molecular formula is C14H21N3O2. The number of amides is 1. The number of fused-ring (bicyclic) bond motifs is 1. The molecule has 0 aromatic heterocycles. The normalized spacial score (nSPS) is 13.6. The number of rotatable bonds is 7. The molecule has 19 heavy (non-hydrogen) atoms. The smallest absolute Gasteiger partial charge is 0.262 e. The molecule has 1 heterocycles. The molecule has 0 fully saturated rings. The molecule has 0 atom stereocenters. The van der Waals surface area contributed by atoms with Crippen molar-refractivity contribution in [3.05, 3.63) is 23.8 Å². The Balaban J connectivity index is 1.78. The number of ether oxygens (including phenoxy) is 1. The van der Waals surface area contributed by atoms with E-state index in [0.29, 0.717) is 0 Å². The van der Waals surface area contributed by atoms with Crippen molar-refractivity contribution in [3.63, 3.8) is 0 Å². The first-order valence-corrected chi connectivity index (χ1v) is 6.76. The molecular weight excluding hydrogens is 242 g/mol. The van der Waals surface area contributed by atoms with Crippen LogP contribution in [0, 0.1) is 0 Å². The average molecular weight is 263 g/mol. The zero-order valence-corrected chi connectivity index (χ0v) is 11.3. The maximum absolute atomic E-state index is 11.2. The van der Waals surface area contributed by atoms with Gasteiger partial charge in [-0.2, -0.15) is 0 Å². The highest BCUT2D eigenvalue weighted by molar-refractivity contribution is 5.95. The maximum atomic E-state index is 11.2. The number of nitrogens with one attached hydrogen (secondary N) is 3. The minimum absolute atomic E-state index is 0.0894. The van der Waals surface area contributed by atoms with Crippen LogP contribution in [0.5, 0.6) is 5.75 Å². The molecule has 0 radical (unpaired) electrons. The second kappa shape index (κ2) is 7.11. The summed E-state index contributed by atoms with van der Waals surface area (Å²) in [6, 6.07) is 5.95. The molecule has 0 saturated carbocycles. The molecule has 1 aromatic rings. The summed E-state index contributed by atoms with van der Waals surface area (Å²) in [6.45, 7) is 6.11. The van der Waals surface area contributed by atoms with Crippen molar-refractivity contribution in [1.29, 1.82) is 0 Å². The Morgan fingerprint density at radius 2 is 2.11 bits per heavy atom. The molecule has 0 spiro atoms. The van der Waals surface area contributed by atoms with Crippen LogP contribution in [0.25, 0.3) is 0 Å². The van der Waals surface area contributed by atoms with Gasteiger partial charge in [-0.25, -0.2) is 0 Å². The van der Waals surface area contributed by atoms with Crippen molar-refractivity contribution in [2.45, 2.75) is 13.3 Å². The van der Waals surface area contributed by atoms with E-state index in [-0.39, 0.29) is 12.5 Å². The van der Waals surface area contributed by atoms with E-state index in [4.69, 9.17) is 4.74 Å². The summed E-state index contributed by atoms with van der Waals surface area (Å²) in [5.41, 5.74) is 1.97. The Bertz CT molecular complexity index is 435. The number of carbonyl (C=O) groups is 1. The SMILES string of the molecule is CCNCCNCCc1ccc2c(c1)NC(=O)CO2. The van der Waals surface area contributed by atoms with Crippen LogP contribution in [0.3, 0.4) is 0 Å². The van der Waals surface area contributed by atoms with Crippen LogP contribution in [-0.2, 0) is 11.2 Å². The fourth-order valence-electron chi connectivity index (χ4n) is 2.00. The van der Waals surface area contributed by atoms with Crippen LogP contribution in [0.15, 0.2) is 18.2 Å². The van der Waals surface area contributed by atoms with Crippen LogP contribution in [-0.4, -0.2) is 38.7 Å². The topological polar surface area (TPSA) is 62.4 Å². The number of carbonyl (C=O) groups excluding carboxylic acids is 1. The van der Waals surface area contributed by atoms with Crippen LogP contribution in [0.2, 0.25) is 0 Å². The molecule has 0 unspecified atom stereocenters. The fourth-order valence-corrected chi connectivity index (χ4v) is 2.00. The highest BCUT2D eigenvalue weighted by Gasteiger charge is 2.15. The summed E-state index contributed by atoms with van der Waals surface area (Å²) >= 11 is 0. The third-order valence-corrected chi connectivity index (χ3v) is 3.00. The van der Waals surface area contributed by atoms with Crippen LogP contribution >= 0.6 is 0 Å². The lowest BCUT2D eigenvalue weighted by molar-refractivity contribution is -0.118. The van der Waals surface area contributed by atoms with Gasteiger partial charge in [-0.15, -0.1) is 0 Å². The summed E-state index contributed by atoms with van der Waals surface area (Å²) in [7, 11) is 0. The molecule has 0 bridgehead atoms. The van der Waals surface area contributed by atoms with Crippen LogP contribution in [0.4, 0.5) is 5.69 Å². The molecule has 5 nitrogen and oxygen atoms in total. The molecule has 2 rings (SSSR count). The Hall–Kier alpha value is -1.59. The van der Waals surface area contributed by atoms with Gasteiger partial charge in [-0.3, -0.25) is 4.79 Å². The molecule has 1 aliphatic rings. The van der Waals surface area contributed by atoms with Crippen molar-refractivity contribution in [1.82, 2.24) is 10.6 Å². The van der Waals surface area contributed by atoms with E-state index in [1.165, 1.54) is 5.56 Å². The summed E-state index contributed by atoms with van der Waals surface area (Å²) < 4.78 is 5.32. The number of hydrogen-bond donors (Lipinski definition) is 3. The van der Waals surface area contributed by atoms with Crippen molar-refractivity contribution in [3.8, 4) is 5.75 Å². The van der Waals surface area contributed by atoms with Gasteiger partial charge < -0.3 is 20.7 Å². The monoisotopic (exact) mass is 263 g/mol. The molecule has 0 saturated heterocycles. The lowest BCUT2D eigenvalue weighted by Gasteiger charge is -2.18. The minimum Gasteiger partial charge on any atom is -0.482 e. The second-order valence-corrected chi connectivity index (χ2v) is 4.52. The summed E-state index contributed by atoms with van der Waals surface area (Å²) in [6.07, 6.45) is 0.940. The molecule has 3 N–H and O–H groups in total. The Kier molecular flexibility index (Phi) is 5.18. The van der Waals surface area contributed by atoms with Gasteiger partial charge in [0.2, 0.25) is 0 Å². The predicted octanol–water partition coefficient (Wildman–Crippen LogP) is 0.759. The zero-order chi connectivity index (χ0) is 13.5. The van der Waals surface area contributed by atoms with E-state index < -0.39 is 0 Å². The van der Waals surface area contributed by atoms with Gasteiger partial charge in [0.05, 0.1) is 5.69 Å². The van der Waals surface area contributed by atoms with Gasteiger partial charge in [0.1, 0.15) is 5.75 Å². The molecule has 0 aliphatic carbocycles. The van der Waals surface area contributed by atoms with Gasteiger partial charge >= 0.3 is 0 Å². The van der Waals surface area contributed by atoms with Gasteiger partial charge in [0.15, 0.2) is 6.61 Å². The van der Waals surface area contributed by atoms with Crippen molar-refractivity contribution in [2.24, 2.45) is 0 Å². The third kappa shape index (κ3) is 4.22. The van der Waals surface area contributed by atoms with Crippen molar-refractivity contribution < 1.29 is 9.53 Å². The van der Waals surface area contributed by atoms with Gasteiger partial charge in [0.25, 0.3) is 5.91 Å². The molecule has 1 aliphatic heterocycles. The lowest BCUT2D eigenvalue weighted by Crippen LogP contribution is -2.28. The number of hydrogen-bond acceptors (Lipinski definition) is 4. The first-order valence-electron chi connectivity index (χ1n) is 6.76. The maximum Gasteiger partial charge on any atom is 0.262 e. The summed E-state index contributed by atoms with van der Waals surface area (Å²) in [4.78, 5) is 11.2. The predicted molar refractivity (Wildman–Crippen MR) is 75.7 cm³/mol. The molecule has 5 heteroatoms. The van der Waals surface area contributed by atoms with E-state index in [1.807, 2.05) is 18.2 Å². The van der Waals surface area contributed by atoms with Gasteiger partial charge in [-0.05, 0) is 37.2 Å². The quantitative estimate of drug-likeness (QED) is 0.636. The van der Waals surface area contributed by atoms with E-state index in [0.717, 1.165) is 44.0 Å². The standard InChI is InChI=1S/C14H21N3O2/c1-2-15-7-8-16-6-5-11-3-4-13-12(9-11)17-14(18)10-19-13/h3-4,9,15-16H,2,5-8,10H2,1H3,(H,17,18). The molecule has 1 aromatic carbocycles. The van der Waals surface area contributed by atoms with Gasteiger partial charge in [-0.1, -0.05) is 13.0 Å². The van der Waals surface area contributed by atoms with Crippen molar-refractivity contribution >= 4 is 11.6 Å². The number of benzene rings is 1. The fraction of sp³-hybridized carbons (Fsp3) is 0.500. The highest BCUT2D eigenvalue weighted by atomic mass is 16.5. The van der Waals surface area contributed by atoms with E-state index >= 15 is 0 Å². The van der Waals surface area contributed by atoms with E-state index in [1.54, 1.807) is 0 Å². The Morgan fingerprint density at radius 3 is 2.95 bits per heavy atom. The first kappa shape index (κ1) is 13.8. The third-order valence-electron chi connectivity index (χ3n) is 3.00. The summed E-state index contributed by atoms with van der Waals surface area (Å²) in [5.74, 6) is 0.664. The zero-order valence-electron chi connectivity index (χ0n) is 11.3. The van der Waals surface area contributed by atoms with Crippen LogP contribution < -0.4 is 20.7 Å². The van der Waals surface area contributed by atoms with E-state index in [2.05, 4.69) is 22.9 Å². The van der Waals surface area contributed by atoms with Crippen LogP contribution in [0.1, 0.15) is 12.5 Å². The Labute approximate surface area is 113 Å². The molecule has 1 amide bonds. The first-order chi connectivity index (χ1) is 9.29. The second-order valence-electron chi connectivity index (χ2n) is 4.52. The summed E-state index contributed by atoms with van der Waals surface area (Å²) in [5, 5.41) is 9.47.